The first-order valence-corrected chi connectivity index (χ1v) is 14.0. The molecule has 3 aromatic carbocycles. The first-order valence-electron chi connectivity index (χ1n) is 14.0. The van der Waals surface area contributed by atoms with Gasteiger partial charge in [0.2, 0.25) is 0 Å². The van der Waals surface area contributed by atoms with Gasteiger partial charge < -0.3 is 9.40 Å². The minimum Gasteiger partial charge on any atom is -0.456 e. The van der Waals surface area contributed by atoms with Crippen molar-refractivity contribution in [3.63, 3.8) is 0 Å². The van der Waals surface area contributed by atoms with Crippen LogP contribution in [0.25, 0.3) is 66.3 Å². The summed E-state index contributed by atoms with van der Waals surface area (Å²) in [5.41, 5.74) is 9.51. The van der Waals surface area contributed by atoms with Gasteiger partial charge >= 0.3 is 0 Å². The molecule has 194 valence electrons. The van der Waals surface area contributed by atoms with Crippen molar-refractivity contribution in [1.82, 2.24) is 15.0 Å². The first kappa shape index (κ1) is 22.6. The molecule has 4 heteroatoms. The lowest BCUT2D eigenvalue weighted by atomic mass is 9.73. The van der Waals surface area contributed by atoms with Crippen LogP contribution in [0.1, 0.15) is 24.2 Å². The molecule has 0 radical (unpaired) electrons. The zero-order valence-corrected chi connectivity index (χ0v) is 22.4. The van der Waals surface area contributed by atoms with E-state index in [4.69, 9.17) is 14.4 Å². The summed E-state index contributed by atoms with van der Waals surface area (Å²) in [6, 6.07) is 33.9. The van der Waals surface area contributed by atoms with Crippen molar-refractivity contribution in [3.05, 3.63) is 133 Å². The number of nitrogens with zero attached hydrogens (tertiary/aromatic N) is 2. The molecule has 0 amide bonds. The van der Waals surface area contributed by atoms with E-state index in [2.05, 4.69) is 133 Å². The SMILES string of the molecule is CC12C=CC=CC1c1cc3[nH]c(cc4nc(cc5oc(cc2n1)c1ccccc51)-c1ccccc1-4)c1ccccc31. The number of nitrogens with one attached hydrogen (secondary N) is 1. The molecule has 41 heavy (non-hydrogen) atoms. The quantitative estimate of drug-likeness (QED) is 0.214. The van der Waals surface area contributed by atoms with Crippen LogP contribution in [0.15, 0.2) is 126 Å². The van der Waals surface area contributed by atoms with Gasteiger partial charge in [-0.25, -0.2) is 4.98 Å². The number of furan rings is 1. The van der Waals surface area contributed by atoms with E-state index in [0.717, 1.165) is 72.3 Å². The van der Waals surface area contributed by atoms with Crippen LogP contribution in [-0.2, 0) is 5.41 Å². The van der Waals surface area contributed by atoms with Crippen LogP contribution in [0.2, 0.25) is 0 Å². The predicted octanol–water partition coefficient (Wildman–Crippen LogP) is 9.39. The van der Waals surface area contributed by atoms with Gasteiger partial charge in [0.05, 0.1) is 22.8 Å². The van der Waals surface area contributed by atoms with Crippen LogP contribution in [0.4, 0.5) is 0 Å². The van der Waals surface area contributed by atoms with Gasteiger partial charge in [-0.1, -0.05) is 97.1 Å². The zero-order chi connectivity index (χ0) is 27.1. The van der Waals surface area contributed by atoms with Crippen molar-refractivity contribution < 1.29 is 4.42 Å². The number of hydrogen-bond donors (Lipinski definition) is 1. The molecule has 8 bridgehead atoms. The summed E-state index contributed by atoms with van der Waals surface area (Å²) in [4.78, 5) is 14.2. The molecule has 4 nitrogen and oxygen atoms in total. The van der Waals surface area contributed by atoms with Crippen LogP contribution in [0.3, 0.4) is 0 Å². The fraction of sp³-hybridized carbons (Fsp3) is 0.0811. The molecule has 1 aliphatic carbocycles. The van der Waals surface area contributed by atoms with E-state index in [9.17, 15) is 0 Å². The van der Waals surface area contributed by atoms with E-state index in [1.165, 1.54) is 5.39 Å². The maximum atomic E-state index is 6.64. The minimum absolute atomic E-state index is 0.124. The van der Waals surface area contributed by atoms with Crippen molar-refractivity contribution in [1.29, 1.82) is 0 Å². The topological polar surface area (TPSA) is 54.7 Å². The van der Waals surface area contributed by atoms with E-state index in [0.29, 0.717) is 0 Å². The third kappa shape index (κ3) is 3.22. The Balaban J connectivity index is 1.50. The molecule has 0 saturated heterocycles. The summed E-state index contributed by atoms with van der Waals surface area (Å²) in [6.07, 6.45) is 8.80. The average Bonchev–Trinajstić information content (AvgIpc) is 3.71. The maximum Gasteiger partial charge on any atom is 0.137 e. The van der Waals surface area contributed by atoms with Crippen LogP contribution in [0.5, 0.6) is 0 Å². The highest BCUT2D eigenvalue weighted by Gasteiger charge is 2.41. The third-order valence-electron chi connectivity index (χ3n) is 8.91. The highest BCUT2D eigenvalue weighted by Crippen LogP contribution is 2.47. The normalized spacial score (nSPS) is 19.0. The van der Waals surface area contributed by atoms with Gasteiger partial charge in [0.25, 0.3) is 0 Å². The van der Waals surface area contributed by atoms with Gasteiger partial charge in [0, 0.05) is 67.2 Å². The summed E-state index contributed by atoms with van der Waals surface area (Å²) in [5.74, 6) is 0.124. The van der Waals surface area contributed by atoms with Gasteiger partial charge in [-0.05, 0) is 19.1 Å². The molecule has 3 aliphatic rings. The molecular formula is C37H25N3O. The Bertz CT molecular complexity index is 2300. The number of rotatable bonds is 0. The molecule has 2 atom stereocenters. The van der Waals surface area contributed by atoms with Gasteiger partial charge in [0.1, 0.15) is 11.2 Å². The standard InChI is InChI=1S/C37H25N3O/c1-37-17-9-8-16-28(37)33-19-31-23-11-3-2-10-22(23)29(38-31)18-30-24-12-4-5-13-25(24)32(39-30)20-34-26-14-6-7-15-27(26)35(41-34)21-36(37)40-33/h2-21,28,38H,1H3. The van der Waals surface area contributed by atoms with Crippen molar-refractivity contribution in [2.45, 2.75) is 18.3 Å². The lowest BCUT2D eigenvalue weighted by molar-refractivity contribution is 0.549. The predicted molar refractivity (Wildman–Crippen MR) is 167 cm³/mol. The Morgan fingerprint density at radius 1 is 0.659 bits per heavy atom. The van der Waals surface area contributed by atoms with Crippen LogP contribution >= 0.6 is 0 Å². The zero-order valence-electron chi connectivity index (χ0n) is 22.4. The molecule has 3 aromatic heterocycles. The van der Waals surface area contributed by atoms with Crippen LogP contribution < -0.4 is 0 Å². The number of fused-ring (bicyclic) bond motifs is 20. The second-order valence-electron chi connectivity index (χ2n) is 11.3. The molecule has 2 unspecified atom stereocenters. The Hall–Kier alpha value is -5.22. The summed E-state index contributed by atoms with van der Waals surface area (Å²) >= 11 is 0. The van der Waals surface area contributed by atoms with Gasteiger partial charge in [-0.3, -0.25) is 4.98 Å². The van der Waals surface area contributed by atoms with Gasteiger partial charge in [-0.2, -0.15) is 0 Å². The monoisotopic (exact) mass is 527 g/mol. The van der Waals surface area contributed by atoms with Crippen molar-refractivity contribution in [2.75, 3.05) is 0 Å². The molecule has 0 fully saturated rings. The number of aromatic nitrogens is 3. The fourth-order valence-corrected chi connectivity index (χ4v) is 6.77. The number of H-pyrrole nitrogens is 1. The van der Waals surface area contributed by atoms with E-state index < -0.39 is 0 Å². The Morgan fingerprint density at radius 3 is 2.00 bits per heavy atom. The molecule has 1 N–H and O–H groups in total. The Kier molecular flexibility index (Phi) is 4.49. The van der Waals surface area contributed by atoms with E-state index in [1.54, 1.807) is 0 Å². The maximum absolute atomic E-state index is 6.64. The highest BCUT2D eigenvalue weighted by molar-refractivity contribution is 6.08. The summed E-state index contributed by atoms with van der Waals surface area (Å²) in [5, 5.41) is 4.47. The average molecular weight is 528 g/mol. The third-order valence-corrected chi connectivity index (χ3v) is 8.91. The minimum atomic E-state index is -0.276. The smallest absolute Gasteiger partial charge is 0.137 e. The summed E-state index contributed by atoms with van der Waals surface area (Å²) in [7, 11) is 0. The molecule has 2 aliphatic heterocycles. The van der Waals surface area contributed by atoms with Gasteiger partial charge in [0.15, 0.2) is 0 Å². The molecule has 9 rings (SSSR count). The van der Waals surface area contributed by atoms with Gasteiger partial charge in [-0.15, -0.1) is 0 Å². The molecule has 5 heterocycles. The largest absolute Gasteiger partial charge is 0.456 e. The Morgan fingerprint density at radius 2 is 1.27 bits per heavy atom. The highest BCUT2D eigenvalue weighted by atomic mass is 16.3. The van der Waals surface area contributed by atoms with Crippen molar-refractivity contribution in [3.8, 4) is 22.5 Å². The second kappa shape index (κ2) is 8.15. The fourth-order valence-electron chi connectivity index (χ4n) is 6.77. The Labute approximate surface area is 236 Å². The molecule has 6 aromatic rings. The van der Waals surface area contributed by atoms with Crippen molar-refractivity contribution in [2.24, 2.45) is 0 Å². The lowest BCUT2D eigenvalue weighted by Crippen LogP contribution is -2.23. The summed E-state index contributed by atoms with van der Waals surface area (Å²) < 4.78 is 6.64. The number of allylic oxidation sites excluding steroid dienone is 4. The molecule has 0 spiro atoms. The van der Waals surface area contributed by atoms with E-state index in [1.807, 2.05) is 0 Å². The molecular weight excluding hydrogens is 502 g/mol. The van der Waals surface area contributed by atoms with E-state index in [-0.39, 0.29) is 11.3 Å². The lowest BCUT2D eigenvalue weighted by Gasteiger charge is -2.28. The number of benzene rings is 3. The number of hydrogen-bond acceptors (Lipinski definition) is 3. The first-order chi connectivity index (χ1) is 20.2. The van der Waals surface area contributed by atoms with E-state index >= 15 is 0 Å². The molecule has 0 saturated carbocycles. The van der Waals surface area contributed by atoms with Crippen LogP contribution in [0, 0.1) is 0 Å². The van der Waals surface area contributed by atoms with Crippen molar-refractivity contribution >= 4 is 43.7 Å². The number of aromatic amines is 1. The second-order valence-corrected chi connectivity index (χ2v) is 11.3. The van der Waals surface area contributed by atoms with Crippen LogP contribution in [-0.4, -0.2) is 15.0 Å². The summed E-state index contributed by atoms with van der Waals surface area (Å²) in [6.45, 7) is 2.27.